The Hall–Kier alpha value is -2.54. The number of halogens is 4. The van der Waals surface area contributed by atoms with Gasteiger partial charge in [-0.05, 0) is 36.8 Å². The van der Waals surface area contributed by atoms with Crippen LogP contribution in [-0.2, 0) is 12.6 Å². The summed E-state index contributed by atoms with van der Waals surface area (Å²) in [4.78, 5) is 17.0. The van der Waals surface area contributed by atoms with Crippen molar-refractivity contribution in [2.24, 2.45) is 0 Å². The number of aromatic nitrogens is 2. The van der Waals surface area contributed by atoms with Crippen molar-refractivity contribution in [1.82, 2.24) is 9.38 Å². The molecule has 2 aromatic heterocycles. The minimum Gasteiger partial charge on any atom is -0.321 e. The molecular formula is C17H13ClF3N3O. The van der Waals surface area contributed by atoms with Gasteiger partial charge in [-0.15, -0.1) is 0 Å². The van der Waals surface area contributed by atoms with Crippen LogP contribution >= 0.6 is 11.6 Å². The Morgan fingerprint density at radius 1 is 1.24 bits per heavy atom. The number of nitrogens with one attached hydrogen (secondary N) is 1. The van der Waals surface area contributed by atoms with Crippen molar-refractivity contribution in [3.8, 4) is 0 Å². The molecule has 3 rings (SSSR count). The summed E-state index contributed by atoms with van der Waals surface area (Å²) in [5.41, 5.74) is 0.927. The van der Waals surface area contributed by atoms with Crippen LogP contribution in [0.2, 0.25) is 5.02 Å². The molecule has 0 radical (unpaired) electrons. The summed E-state index contributed by atoms with van der Waals surface area (Å²) in [6.45, 7) is 1.86. The van der Waals surface area contributed by atoms with Gasteiger partial charge in [0.1, 0.15) is 11.3 Å². The Labute approximate surface area is 146 Å². The number of anilines is 1. The molecule has 1 amide bonds. The van der Waals surface area contributed by atoms with Gasteiger partial charge in [0.05, 0.1) is 11.3 Å². The number of carbonyl (C=O) groups excluding carboxylic acids is 1. The van der Waals surface area contributed by atoms with Gasteiger partial charge in [-0.25, -0.2) is 4.98 Å². The number of carbonyl (C=O) groups is 1. The molecule has 3 aromatic rings. The van der Waals surface area contributed by atoms with Crippen molar-refractivity contribution in [3.05, 3.63) is 64.6 Å². The lowest BCUT2D eigenvalue weighted by Gasteiger charge is -2.09. The highest BCUT2D eigenvalue weighted by Crippen LogP contribution is 2.30. The molecule has 25 heavy (non-hydrogen) atoms. The minimum atomic E-state index is -4.42. The minimum absolute atomic E-state index is 0.268. The molecule has 1 aromatic carbocycles. The van der Waals surface area contributed by atoms with Crippen LogP contribution in [-0.4, -0.2) is 15.3 Å². The highest BCUT2D eigenvalue weighted by atomic mass is 35.5. The summed E-state index contributed by atoms with van der Waals surface area (Å²) < 4.78 is 39.4. The highest BCUT2D eigenvalue weighted by Gasteiger charge is 2.30. The molecule has 0 aliphatic rings. The molecule has 0 spiro atoms. The summed E-state index contributed by atoms with van der Waals surface area (Å²) in [5.74, 6) is -0.452. The molecule has 1 N–H and O–H groups in total. The van der Waals surface area contributed by atoms with Gasteiger partial charge in [-0.2, -0.15) is 13.2 Å². The number of fused-ring (bicyclic) bond motifs is 1. The SMILES string of the molecule is CCc1nc2cc(Cl)ccn2c1C(=O)Nc1ccc(C(F)(F)F)cc1. The summed E-state index contributed by atoms with van der Waals surface area (Å²) in [7, 11) is 0. The van der Waals surface area contributed by atoms with E-state index in [0.29, 0.717) is 28.5 Å². The Morgan fingerprint density at radius 3 is 2.52 bits per heavy atom. The smallest absolute Gasteiger partial charge is 0.321 e. The van der Waals surface area contributed by atoms with Crippen LogP contribution in [0.1, 0.15) is 28.7 Å². The standard InChI is InChI=1S/C17H13ClF3N3O/c1-2-13-15(24-8-7-11(18)9-14(24)23-13)16(25)22-12-5-3-10(4-6-12)17(19,20)21/h3-9H,2H2,1H3,(H,22,25). The normalized spacial score (nSPS) is 11.7. The molecule has 8 heteroatoms. The third-order valence-electron chi connectivity index (χ3n) is 3.68. The number of pyridine rings is 1. The first-order valence-electron chi connectivity index (χ1n) is 7.44. The van der Waals surface area contributed by atoms with E-state index in [1.165, 1.54) is 12.1 Å². The van der Waals surface area contributed by atoms with E-state index in [4.69, 9.17) is 11.6 Å². The van der Waals surface area contributed by atoms with Gasteiger partial charge < -0.3 is 5.32 Å². The molecule has 0 saturated heterocycles. The van der Waals surface area contributed by atoms with Crippen LogP contribution in [0.15, 0.2) is 42.6 Å². The number of alkyl halides is 3. The molecule has 0 aliphatic carbocycles. The van der Waals surface area contributed by atoms with E-state index in [1.807, 2.05) is 6.92 Å². The second-order valence-corrected chi connectivity index (χ2v) is 5.80. The predicted molar refractivity (Wildman–Crippen MR) is 89.0 cm³/mol. The number of hydrogen-bond donors (Lipinski definition) is 1. The fraction of sp³-hybridized carbons (Fsp3) is 0.176. The zero-order valence-corrected chi connectivity index (χ0v) is 13.8. The van der Waals surface area contributed by atoms with Crippen LogP contribution in [0.4, 0.5) is 18.9 Å². The average Bonchev–Trinajstić information content (AvgIpc) is 2.92. The monoisotopic (exact) mass is 367 g/mol. The van der Waals surface area contributed by atoms with Crippen LogP contribution in [0, 0.1) is 0 Å². The average molecular weight is 368 g/mol. The van der Waals surface area contributed by atoms with Crippen LogP contribution in [0.25, 0.3) is 5.65 Å². The van der Waals surface area contributed by atoms with E-state index in [1.54, 1.807) is 22.7 Å². The van der Waals surface area contributed by atoms with Gasteiger partial charge in [0, 0.05) is 23.0 Å². The Balaban J connectivity index is 1.92. The van der Waals surface area contributed by atoms with Crippen molar-refractivity contribution in [2.45, 2.75) is 19.5 Å². The fourth-order valence-corrected chi connectivity index (χ4v) is 2.64. The first-order chi connectivity index (χ1) is 11.8. The molecule has 0 saturated carbocycles. The molecule has 4 nitrogen and oxygen atoms in total. The summed E-state index contributed by atoms with van der Waals surface area (Å²) >= 11 is 5.94. The molecule has 0 fully saturated rings. The maximum absolute atomic E-state index is 12.6. The number of benzene rings is 1. The Kier molecular flexibility index (Phi) is 4.43. The number of nitrogens with zero attached hydrogens (tertiary/aromatic N) is 2. The first-order valence-corrected chi connectivity index (χ1v) is 7.82. The van der Waals surface area contributed by atoms with E-state index < -0.39 is 17.6 Å². The first kappa shape index (κ1) is 17.3. The summed E-state index contributed by atoms with van der Waals surface area (Å²) in [5, 5.41) is 3.10. The van der Waals surface area contributed by atoms with Crippen LogP contribution in [0.5, 0.6) is 0 Å². The van der Waals surface area contributed by atoms with Crippen molar-refractivity contribution >= 4 is 28.8 Å². The van der Waals surface area contributed by atoms with E-state index in [-0.39, 0.29) is 5.69 Å². The number of amides is 1. The Morgan fingerprint density at radius 2 is 1.92 bits per heavy atom. The second kappa shape index (κ2) is 6.40. The van der Waals surface area contributed by atoms with Gasteiger partial charge in [-0.1, -0.05) is 18.5 Å². The lowest BCUT2D eigenvalue weighted by atomic mass is 10.2. The van der Waals surface area contributed by atoms with Gasteiger partial charge in [0.15, 0.2) is 0 Å². The maximum Gasteiger partial charge on any atom is 0.416 e. The molecule has 0 aliphatic heterocycles. The van der Waals surface area contributed by atoms with Crippen LogP contribution < -0.4 is 5.32 Å². The summed E-state index contributed by atoms with van der Waals surface area (Å²) in [6, 6.07) is 7.54. The van der Waals surface area contributed by atoms with Gasteiger partial charge in [-0.3, -0.25) is 9.20 Å². The van der Waals surface area contributed by atoms with E-state index in [0.717, 1.165) is 12.1 Å². The predicted octanol–water partition coefficient (Wildman–Crippen LogP) is 4.82. The van der Waals surface area contributed by atoms with Crippen molar-refractivity contribution in [1.29, 1.82) is 0 Å². The van der Waals surface area contributed by atoms with E-state index in [2.05, 4.69) is 10.3 Å². The van der Waals surface area contributed by atoms with Crippen molar-refractivity contribution in [2.75, 3.05) is 5.32 Å². The van der Waals surface area contributed by atoms with Gasteiger partial charge in [0.25, 0.3) is 5.91 Å². The fourth-order valence-electron chi connectivity index (χ4n) is 2.49. The zero-order valence-electron chi connectivity index (χ0n) is 13.1. The third-order valence-corrected chi connectivity index (χ3v) is 3.92. The number of rotatable bonds is 3. The van der Waals surface area contributed by atoms with Crippen molar-refractivity contribution < 1.29 is 18.0 Å². The molecule has 0 bridgehead atoms. The number of aryl methyl sites for hydroxylation is 1. The quantitative estimate of drug-likeness (QED) is 0.721. The van der Waals surface area contributed by atoms with Crippen molar-refractivity contribution in [3.63, 3.8) is 0 Å². The van der Waals surface area contributed by atoms with E-state index >= 15 is 0 Å². The molecule has 130 valence electrons. The molecule has 2 heterocycles. The van der Waals surface area contributed by atoms with Gasteiger partial charge in [0.2, 0.25) is 0 Å². The van der Waals surface area contributed by atoms with Crippen LogP contribution in [0.3, 0.4) is 0 Å². The zero-order chi connectivity index (χ0) is 18.2. The lowest BCUT2D eigenvalue weighted by molar-refractivity contribution is -0.137. The molecule has 0 unspecified atom stereocenters. The topological polar surface area (TPSA) is 46.4 Å². The molecule has 0 atom stereocenters. The number of hydrogen-bond acceptors (Lipinski definition) is 2. The third kappa shape index (κ3) is 3.46. The number of imidazole rings is 1. The van der Waals surface area contributed by atoms with E-state index in [9.17, 15) is 18.0 Å². The highest BCUT2D eigenvalue weighted by molar-refractivity contribution is 6.30. The van der Waals surface area contributed by atoms with Gasteiger partial charge >= 0.3 is 6.18 Å². The second-order valence-electron chi connectivity index (χ2n) is 5.36. The summed E-state index contributed by atoms with van der Waals surface area (Å²) in [6.07, 6.45) is -2.26. The largest absolute Gasteiger partial charge is 0.416 e. The Bertz CT molecular complexity index is 933. The lowest BCUT2D eigenvalue weighted by Crippen LogP contribution is -2.16. The molecular weight excluding hydrogens is 355 g/mol. The maximum atomic E-state index is 12.6.